The van der Waals surface area contributed by atoms with Crippen LogP contribution in [0.25, 0.3) is 0 Å². The van der Waals surface area contributed by atoms with Crippen molar-refractivity contribution < 1.29 is 9.59 Å². The van der Waals surface area contributed by atoms with Gasteiger partial charge in [0.1, 0.15) is 0 Å². The zero-order chi connectivity index (χ0) is 14.3. The molecule has 1 rings (SSSR count). The van der Waals surface area contributed by atoms with Gasteiger partial charge in [0.05, 0.1) is 12.6 Å². The lowest BCUT2D eigenvalue weighted by molar-refractivity contribution is -0.134. The summed E-state index contributed by atoms with van der Waals surface area (Å²) >= 11 is 0. The number of amides is 2. The van der Waals surface area contributed by atoms with E-state index in [-0.39, 0.29) is 30.4 Å². The molecule has 0 aromatic carbocycles. The van der Waals surface area contributed by atoms with E-state index in [1.807, 2.05) is 25.7 Å². The molecule has 0 spiro atoms. The van der Waals surface area contributed by atoms with Crippen LogP contribution in [0.15, 0.2) is 0 Å². The standard InChI is InChI=1S/C14H27N3O2/c1-4-11(2)16-13(18)10-15-12(3)14(19)17-8-6-5-7-9-17/h11-12,15H,4-10H2,1-3H3,(H,16,18). The second-order valence-electron chi connectivity index (χ2n) is 5.37. The van der Waals surface area contributed by atoms with Crippen LogP contribution in [0.4, 0.5) is 0 Å². The predicted octanol–water partition coefficient (Wildman–Crippen LogP) is 0.892. The molecule has 1 fully saturated rings. The lowest BCUT2D eigenvalue weighted by Gasteiger charge is -2.29. The summed E-state index contributed by atoms with van der Waals surface area (Å²) in [5, 5.41) is 5.88. The van der Waals surface area contributed by atoms with E-state index >= 15 is 0 Å². The van der Waals surface area contributed by atoms with Crippen molar-refractivity contribution in [3.05, 3.63) is 0 Å². The van der Waals surface area contributed by atoms with E-state index in [2.05, 4.69) is 10.6 Å². The van der Waals surface area contributed by atoms with Crippen molar-refractivity contribution in [2.75, 3.05) is 19.6 Å². The van der Waals surface area contributed by atoms with Gasteiger partial charge < -0.3 is 10.2 Å². The number of rotatable bonds is 6. The number of hydrogen-bond donors (Lipinski definition) is 2. The van der Waals surface area contributed by atoms with Crippen LogP contribution < -0.4 is 10.6 Å². The third-order valence-corrected chi connectivity index (χ3v) is 3.63. The number of carbonyl (C=O) groups excluding carboxylic acids is 2. The van der Waals surface area contributed by atoms with Crippen LogP contribution in [0.3, 0.4) is 0 Å². The molecule has 2 N–H and O–H groups in total. The molecule has 2 amide bonds. The van der Waals surface area contributed by atoms with Gasteiger partial charge in [-0.3, -0.25) is 14.9 Å². The Hall–Kier alpha value is -1.10. The Morgan fingerprint density at radius 2 is 1.79 bits per heavy atom. The van der Waals surface area contributed by atoms with Gasteiger partial charge in [-0.05, 0) is 39.5 Å². The normalized spacial score (nSPS) is 18.8. The number of hydrogen-bond acceptors (Lipinski definition) is 3. The van der Waals surface area contributed by atoms with E-state index in [0.717, 1.165) is 32.4 Å². The highest BCUT2D eigenvalue weighted by molar-refractivity contribution is 5.83. The Labute approximate surface area is 116 Å². The summed E-state index contributed by atoms with van der Waals surface area (Å²) in [6.07, 6.45) is 4.30. The summed E-state index contributed by atoms with van der Waals surface area (Å²) < 4.78 is 0. The minimum absolute atomic E-state index is 0.0485. The van der Waals surface area contributed by atoms with E-state index in [1.165, 1.54) is 6.42 Å². The van der Waals surface area contributed by atoms with Crippen molar-refractivity contribution in [1.29, 1.82) is 0 Å². The van der Waals surface area contributed by atoms with Crippen molar-refractivity contribution in [3.63, 3.8) is 0 Å². The maximum absolute atomic E-state index is 12.1. The van der Waals surface area contributed by atoms with Crippen LogP contribution in [0, 0.1) is 0 Å². The second kappa shape index (κ2) is 8.15. The third-order valence-electron chi connectivity index (χ3n) is 3.63. The monoisotopic (exact) mass is 269 g/mol. The summed E-state index contributed by atoms with van der Waals surface area (Å²) in [5.41, 5.74) is 0. The molecule has 19 heavy (non-hydrogen) atoms. The lowest BCUT2D eigenvalue weighted by atomic mass is 10.1. The molecule has 1 aliphatic rings. The first-order chi connectivity index (χ1) is 9.04. The van der Waals surface area contributed by atoms with E-state index in [4.69, 9.17) is 0 Å². The van der Waals surface area contributed by atoms with Crippen molar-refractivity contribution in [2.45, 2.75) is 58.5 Å². The number of nitrogens with one attached hydrogen (secondary N) is 2. The first-order valence-electron chi connectivity index (χ1n) is 7.36. The zero-order valence-electron chi connectivity index (χ0n) is 12.4. The summed E-state index contributed by atoms with van der Waals surface area (Å²) in [6, 6.07) is -0.108. The highest BCUT2D eigenvalue weighted by atomic mass is 16.2. The maximum Gasteiger partial charge on any atom is 0.239 e. The highest BCUT2D eigenvalue weighted by Gasteiger charge is 2.22. The largest absolute Gasteiger partial charge is 0.353 e. The van der Waals surface area contributed by atoms with Crippen LogP contribution in [0.5, 0.6) is 0 Å². The summed E-state index contributed by atoms with van der Waals surface area (Å²) in [6.45, 7) is 7.73. The van der Waals surface area contributed by atoms with E-state index in [9.17, 15) is 9.59 Å². The van der Waals surface area contributed by atoms with Gasteiger partial charge in [0.25, 0.3) is 0 Å². The predicted molar refractivity (Wildman–Crippen MR) is 75.8 cm³/mol. The minimum Gasteiger partial charge on any atom is -0.353 e. The first-order valence-corrected chi connectivity index (χ1v) is 7.36. The molecule has 0 bridgehead atoms. The molecule has 0 aromatic rings. The van der Waals surface area contributed by atoms with Gasteiger partial charge in [-0.25, -0.2) is 0 Å². The van der Waals surface area contributed by atoms with Gasteiger partial charge in [-0.15, -0.1) is 0 Å². The molecule has 0 aliphatic carbocycles. The number of likely N-dealkylation sites (tertiary alicyclic amines) is 1. The molecule has 2 atom stereocenters. The van der Waals surface area contributed by atoms with Crippen LogP contribution in [-0.2, 0) is 9.59 Å². The molecule has 110 valence electrons. The Balaban J connectivity index is 2.27. The van der Waals surface area contributed by atoms with Crippen LogP contribution >= 0.6 is 0 Å². The molecule has 1 aliphatic heterocycles. The Bertz CT molecular complexity index is 301. The molecule has 2 unspecified atom stereocenters. The molecule has 1 heterocycles. The fourth-order valence-corrected chi connectivity index (χ4v) is 2.15. The zero-order valence-corrected chi connectivity index (χ0v) is 12.4. The molecule has 5 nitrogen and oxygen atoms in total. The summed E-state index contributed by atoms with van der Waals surface area (Å²) in [7, 11) is 0. The number of carbonyl (C=O) groups is 2. The van der Waals surface area contributed by atoms with Gasteiger partial charge in [-0.1, -0.05) is 6.92 Å². The fraction of sp³-hybridized carbons (Fsp3) is 0.857. The van der Waals surface area contributed by atoms with Crippen molar-refractivity contribution in [2.24, 2.45) is 0 Å². The van der Waals surface area contributed by atoms with Crippen LogP contribution in [0.1, 0.15) is 46.5 Å². The average Bonchev–Trinajstić information content (AvgIpc) is 2.44. The summed E-state index contributed by atoms with van der Waals surface area (Å²) in [5.74, 6) is 0.0590. The average molecular weight is 269 g/mol. The highest BCUT2D eigenvalue weighted by Crippen LogP contribution is 2.09. The Kier molecular flexibility index (Phi) is 6.84. The minimum atomic E-state index is -0.291. The van der Waals surface area contributed by atoms with Crippen molar-refractivity contribution >= 4 is 11.8 Å². The van der Waals surface area contributed by atoms with E-state index in [1.54, 1.807) is 0 Å². The smallest absolute Gasteiger partial charge is 0.239 e. The topological polar surface area (TPSA) is 61.4 Å². The Morgan fingerprint density at radius 1 is 1.16 bits per heavy atom. The molecule has 1 saturated heterocycles. The quantitative estimate of drug-likeness (QED) is 0.753. The van der Waals surface area contributed by atoms with Gasteiger partial charge >= 0.3 is 0 Å². The molecule has 0 aromatic heterocycles. The SMILES string of the molecule is CCC(C)NC(=O)CNC(C)C(=O)N1CCCCC1. The number of nitrogens with zero attached hydrogens (tertiary/aromatic N) is 1. The molecule has 0 saturated carbocycles. The van der Waals surface area contributed by atoms with Crippen molar-refractivity contribution in [3.8, 4) is 0 Å². The van der Waals surface area contributed by atoms with Gasteiger partial charge in [0, 0.05) is 19.1 Å². The maximum atomic E-state index is 12.1. The van der Waals surface area contributed by atoms with Gasteiger partial charge in [0.15, 0.2) is 0 Å². The third kappa shape index (κ3) is 5.59. The Morgan fingerprint density at radius 3 is 2.37 bits per heavy atom. The molecular weight excluding hydrogens is 242 g/mol. The van der Waals surface area contributed by atoms with Gasteiger partial charge in [0.2, 0.25) is 11.8 Å². The van der Waals surface area contributed by atoms with E-state index < -0.39 is 0 Å². The molecule has 5 heteroatoms. The summed E-state index contributed by atoms with van der Waals surface area (Å²) in [4.78, 5) is 25.6. The van der Waals surface area contributed by atoms with Crippen LogP contribution in [-0.4, -0.2) is 48.4 Å². The molecule has 0 radical (unpaired) electrons. The van der Waals surface area contributed by atoms with Gasteiger partial charge in [-0.2, -0.15) is 0 Å². The first kappa shape index (κ1) is 16.0. The molecular formula is C14H27N3O2. The fourth-order valence-electron chi connectivity index (χ4n) is 2.15. The van der Waals surface area contributed by atoms with Crippen LogP contribution in [0.2, 0.25) is 0 Å². The second-order valence-corrected chi connectivity index (χ2v) is 5.37. The lowest BCUT2D eigenvalue weighted by Crippen LogP contribution is -2.49. The van der Waals surface area contributed by atoms with E-state index in [0.29, 0.717) is 0 Å². The van der Waals surface area contributed by atoms with Crippen molar-refractivity contribution in [1.82, 2.24) is 15.5 Å². The number of piperidine rings is 1.